The molecule has 0 aliphatic heterocycles. The lowest BCUT2D eigenvalue weighted by Crippen LogP contribution is -2.32. The highest BCUT2D eigenvalue weighted by Crippen LogP contribution is 2.26. The van der Waals surface area contributed by atoms with E-state index in [0.717, 1.165) is 19.3 Å². The molecule has 0 unspecified atom stereocenters. The Kier molecular flexibility index (Phi) is 4.60. The molecule has 2 N–H and O–H groups in total. The Morgan fingerprint density at radius 1 is 1.26 bits per heavy atom. The second kappa shape index (κ2) is 6.03. The van der Waals surface area contributed by atoms with Crippen molar-refractivity contribution in [3.05, 3.63) is 29.3 Å². The summed E-state index contributed by atoms with van der Waals surface area (Å²) in [4.78, 5) is 0.423. The maximum Gasteiger partial charge on any atom is 0.243 e. The van der Waals surface area contributed by atoms with E-state index in [1.807, 2.05) is 19.1 Å². The van der Waals surface area contributed by atoms with Gasteiger partial charge in [0.2, 0.25) is 10.0 Å². The molecule has 0 amide bonds. The molecule has 106 valence electrons. The zero-order chi connectivity index (χ0) is 13.9. The van der Waals surface area contributed by atoms with Crippen LogP contribution in [0.25, 0.3) is 0 Å². The van der Waals surface area contributed by atoms with E-state index in [0.29, 0.717) is 31.0 Å². The molecule has 0 saturated carbocycles. The molecular formula is C14H22N2O2S. The summed E-state index contributed by atoms with van der Waals surface area (Å²) in [6, 6.07) is 5.55. The van der Waals surface area contributed by atoms with Crippen LogP contribution in [0.15, 0.2) is 23.1 Å². The first-order valence-electron chi connectivity index (χ1n) is 6.91. The number of hydrogen-bond donors (Lipinski definition) is 1. The van der Waals surface area contributed by atoms with Crippen LogP contribution < -0.4 is 5.73 Å². The number of nitrogens with two attached hydrogens (primary N) is 1. The molecule has 1 aliphatic rings. The van der Waals surface area contributed by atoms with Crippen molar-refractivity contribution in [3.8, 4) is 0 Å². The van der Waals surface area contributed by atoms with Gasteiger partial charge in [-0.25, -0.2) is 8.42 Å². The zero-order valence-electron chi connectivity index (χ0n) is 11.4. The minimum atomic E-state index is -3.37. The highest BCUT2D eigenvalue weighted by molar-refractivity contribution is 7.89. The average molecular weight is 282 g/mol. The molecule has 0 bridgehead atoms. The monoisotopic (exact) mass is 282 g/mol. The van der Waals surface area contributed by atoms with Crippen LogP contribution in [0.1, 0.15) is 30.9 Å². The first kappa shape index (κ1) is 14.5. The smallest absolute Gasteiger partial charge is 0.243 e. The summed E-state index contributed by atoms with van der Waals surface area (Å²) in [6.45, 7) is 3.35. The summed E-state index contributed by atoms with van der Waals surface area (Å²) in [6.07, 6.45) is 3.88. The molecule has 0 saturated heterocycles. The number of rotatable bonds is 6. The minimum absolute atomic E-state index is 0.423. The van der Waals surface area contributed by atoms with Crippen molar-refractivity contribution in [1.82, 2.24) is 4.31 Å². The number of fused-ring (bicyclic) bond motifs is 1. The summed E-state index contributed by atoms with van der Waals surface area (Å²) >= 11 is 0. The number of nitrogens with zero attached hydrogens (tertiary/aromatic N) is 1. The maximum atomic E-state index is 12.6. The summed E-state index contributed by atoms with van der Waals surface area (Å²) in [7, 11) is -3.37. The van der Waals surface area contributed by atoms with Crippen molar-refractivity contribution < 1.29 is 8.42 Å². The van der Waals surface area contributed by atoms with Crippen molar-refractivity contribution in [3.63, 3.8) is 0 Å². The van der Waals surface area contributed by atoms with Crippen LogP contribution in [0.3, 0.4) is 0 Å². The van der Waals surface area contributed by atoms with Crippen molar-refractivity contribution in [2.24, 2.45) is 5.73 Å². The molecule has 0 spiro atoms. The van der Waals surface area contributed by atoms with Gasteiger partial charge in [0.1, 0.15) is 0 Å². The van der Waals surface area contributed by atoms with Crippen LogP contribution in [0.2, 0.25) is 0 Å². The summed E-state index contributed by atoms with van der Waals surface area (Å²) in [5, 5.41) is 0. The second-order valence-electron chi connectivity index (χ2n) is 4.92. The molecular weight excluding hydrogens is 260 g/mol. The Labute approximate surface area is 115 Å². The molecule has 4 nitrogen and oxygen atoms in total. The Bertz CT molecular complexity index is 540. The van der Waals surface area contributed by atoms with E-state index in [1.54, 1.807) is 6.07 Å². The molecule has 2 rings (SSSR count). The maximum absolute atomic E-state index is 12.6. The van der Waals surface area contributed by atoms with E-state index in [2.05, 4.69) is 0 Å². The first-order chi connectivity index (χ1) is 9.09. The van der Waals surface area contributed by atoms with E-state index in [1.165, 1.54) is 15.4 Å². The topological polar surface area (TPSA) is 63.4 Å². The normalized spacial score (nSPS) is 14.9. The van der Waals surface area contributed by atoms with E-state index < -0.39 is 10.0 Å². The fourth-order valence-electron chi connectivity index (χ4n) is 2.57. The van der Waals surface area contributed by atoms with Gasteiger partial charge in [0.25, 0.3) is 0 Å². The van der Waals surface area contributed by atoms with Crippen molar-refractivity contribution in [2.45, 2.75) is 37.5 Å². The van der Waals surface area contributed by atoms with Crippen molar-refractivity contribution in [1.29, 1.82) is 0 Å². The highest BCUT2D eigenvalue weighted by atomic mass is 32.2. The summed E-state index contributed by atoms with van der Waals surface area (Å²) < 4.78 is 26.6. The van der Waals surface area contributed by atoms with Gasteiger partial charge in [-0.1, -0.05) is 13.0 Å². The van der Waals surface area contributed by atoms with E-state index >= 15 is 0 Å². The van der Waals surface area contributed by atoms with Crippen LogP contribution in [0, 0.1) is 0 Å². The highest BCUT2D eigenvalue weighted by Gasteiger charge is 2.24. The largest absolute Gasteiger partial charge is 0.330 e. The van der Waals surface area contributed by atoms with Gasteiger partial charge in [-0.3, -0.25) is 0 Å². The van der Waals surface area contributed by atoms with Gasteiger partial charge in [-0.2, -0.15) is 4.31 Å². The fourth-order valence-corrected chi connectivity index (χ4v) is 4.11. The Morgan fingerprint density at radius 3 is 2.68 bits per heavy atom. The van der Waals surface area contributed by atoms with Gasteiger partial charge in [-0.15, -0.1) is 0 Å². The molecule has 5 heteroatoms. The summed E-state index contributed by atoms with van der Waals surface area (Å²) in [5.74, 6) is 0. The molecule has 1 aromatic rings. The number of aryl methyl sites for hydroxylation is 2. The Hall–Kier alpha value is -0.910. The van der Waals surface area contributed by atoms with E-state index in [4.69, 9.17) is 5.73 Å². The van der Waals surface area contributed by atoms with Crippen LogP contribution >= 0.6 is 0 Å². The average Bonchev–Trinajstić information content (AvgIpc) is 2.86. The fraction of sp³-hybridized carbons (Fsp3) is 0.571. The number of sulfonamides is 1. The van der Waals surface area contributed by atoms with Crippen molar-refractivity contribution in [2.75, 3.05) is 19.6 Å². The first-order valence-corrected chi connectivity index (χ1v) is 8.35. The predicted molar refractivity (Wildman–Crippen MR) is 76.6 cm³/mol. The lowest BCUT2D eigenvalue weighted by Gasteiger charge is -2.20. The van der Waals surface area contributed by atoms with Crippen LogP contribution in [0.4, 0.5) is 0 Å². The molecule has 1 aliphatic carbocycles. The molecule has 0 atom stereocenters. The van der Waals surface area contributed by atoms with Gasteiger partial charge in [0, 0.05) is 13.1 Å². The van der Waals surface area contributed by atoms with Gasteiger partial charge in [0.05, 0.1) is 4.90 Å². The Balaban J connectivity index is 2.27. The van der Waals surface area contributed by atoms with Crippen LogP contribution in [-0.4, -0.2) is 32.4 Å². The number of hydrogen-bond acceptors (Lipinski definition) is 3. The van der Waals surface area contributed by atoms with Gasteiger partial charge < -0.3 is 5.73 Å². The molecule has 0 radical (unpaired) electrons. The molecule has 0 heterocycles. The third kappa shape index (κ3) is 2.99. The molecule has 0 fully saturated rings. The predicted octanol–water partition coefficient (Wildman–Crippen LogP) is 1.53. The quantitative estimate of drug-likeness (QED) is 0.860. The van der Waals surface area contributed by atoms with Gasteiger partial charge in [-0.05, 0) is 55.5 Å². The third-order valence-electron chi connectivity index (χ3n) is 3.67. The van der Waals surface area contributed by atoms with Crippen molar-refractivity contribution >= 4 is 10.0 Å². The lowest BCUT2D eigenvalue weighted by molar-refractivity contribution is 0.423. The molecule has 0 aromatic heterocycles. The second-order valence-corrected chi connectivity index (χ2v) is 6.86. The SMILES string of the molecule is CCN(CCCN)S(=O)(=O)c1ccc2c(c1)CCC2. The van der Waals surface area contributed by atoms with Crippen LogP contribution in [0.5, 0.6) is 0 Å². The zero-order valence-corrected chi connectivity index (χ0v) is 12.2. The molecule has 19 heavy (non-hydrogen) atoms. The standard InChI is InChI=1S/C14H22N2O2S/c1-2-16(10-4-9-15)19(17,18)14-8-7-12-5-3-6-13(12)11-14/h7-8,11H,2-6,9-10,15H2,1H3. The third-order valence-corrected chi connectivity index (χ3v) is 5.64. The van der Waals surface area contributed by atoms with Gasteiger partial charge >= 0.3 is 0 Å². The Morgan fingerprint density at radius 2 is 2.00 bits per heavy atom. The van der Waals surface area contributed by atoms with E-state index in [-0.39, 0.29) is 0 Å². The lowest BCUT2D eigenvalue weighted by atomic mass is 10.1. The van der Waals surface area contributed by atoms with Crippen LogP contribution in [-0.2, 0) is 22.9 Å². The number of benzene rings is 1. The minimum Gasteiger partial charge on any atom is -0.330 e. The summed E-state index contributed by atoms with van der Waals surface area (Å²) in [5.41, 5.74) is 7.95. The van der Waals surface area contributed by atoms with E-state index in [9.17, 15) is 8.42 Å². The van der Waals surface area contributed by atoms with Gasteiger partial charge in [0.15, 0.2) is 0 Å². The molecule has 1 aromatic carbocycles.